The molecular formula is C19H20F4N6O. The molecule has 0 amide bonds. The van der Waals surface area contributed by atoms with E-state index in [1.165, 1.54) is 10.6 Å². The molecule has 0 radical (unpaired) electrons. The molecule has 1 aliphatic heterocycles. The van der Waals surface area contributed by atoms with Gasteiger partial charge in [-0.3, -0.25) is 9.38 Å². The zero-order valence-corrected chi connectivity index (χ0v) is 16.0. The van der Waals surface area contributed by atoms with Crippen molar-refractivity contribution in [1.82, 2.24) is 24.7 Å². The number of pyridine rings is 1. The fourth-order valence-corrected chi connectivity index (χ4v) is 3.29. The van der Waals surface area contributed by atoms with Gasteiger partial charge in [0.2, 0.25) is 5.60 Å². The Morgan fingerprint density at radius 1 is 1.23 bits per heavy atom. The van der Waals surface area contributed by atoms with Gasteiger partial charge in [-0.1, -0.05) is 6.07 Å². The molecule has 7 nitrogen and oxygen atoms in total. The fourth-order valence-electron chi connectivity index (χ4n) is 3.29. The summed E-state index contributed by atoms with van der Waals surface area (Å²) in [5.41, 5.74) is -2.55. The molecule has 30 heavy (non-hydrogen) atoms. The van der Waals surface area contributed by atoms with E-state index in [4.69, 9.17) is 0 Å². The largest absolute Gasteiger partial charge is 0.422 e. The van der Waals surface area contributed by atoms with Gasteiger partial charge in [-0.25, -0.2) is 14.4 Å². The first-order valence-corrected chi connectivity index (χ1v) is 9.38. The molecule has 160 valence electrons. The Bertz CT molecular complexity index is 1050. The minimum Gasteiger partial charge on any atom is -0.375 e. The number of anilines is 1. The van der Waals surface area contributed by atoms with Gasteiger partial charge in [-0.05, 0) is 32.0 Å². The predicted molar refractivity (Wildman–Crippen MR) is 102 cm³/mol. The lowest BCUT2D eigenvalue weighted by Gasteiger charge is -2.28. The van der Waals surface area contributed by atoms with Crippen LogP contribution in [0.4, 0.5) is 23.4 Å². The number of piperidine rings is 1. The lowest BCUT2D eigenvalue weighted by Crippen LogP contribution is -2.46. The first kappa shape index (κ1) is 20.5. The third kappa shape index (κ3) is 3.70. The molecule has 1 aliphatic rings. The van der Waals surface area contributed by atoms with E-state index < -0.39 is 29.7 Å². The Hall–Kier alpha value is -2.79. The molecule has 3 aromatic heterocycles. The lowest BCUT2D eigenvalue weighted by molar-refractivity contribution is -0.260. The van der Waals surface area contributed by atoms with Gasteiger partial charge in [0, 0.05) is 12.7 Å². The summed E-state index contributed by atoms with van der Waals surface area (Å²) in [6.07, 6.45) is -1.80. The summed E-state index contributed by atoms with van der Waals surface area (Å²) in [4.78, 5) is 12.3. The lowest BCUT2D eigenvalue weighted by atomic mass is 10.0. The maximum Gasteiger partial charge on any atom is 0.422 e. The van der Waals surface area contributed by atoms with E-state index >= 15 is 0 Å². The topological polar surface area (TPSA) is 87.4 Å². The minimum atomic E-state index is -4.90. The van der Waals surface area contributed by atoms with Crippen molar-refractivity contribution in [3.05, 3.63) is 42.5 Å². The Balaban J connectivity index is 1.69. The normalized spacial score (nSPS) is 22.1. The summed E-state index contributed by atoms with van der Waals surface area (Å²) in [6, 6.07) is 4.64. The third-order valence-electron chi connectivity index (χ3n) is 5.19. The van der Waals surface area contributed by atoms with E-state index in [1.54, 1.807) is 18.2 Å². The summed E-state index contributed by atoms with van der Waals surface area (Å²) in [5, 5.41) is 16.1. The fraction of sp³-hybridized carbons (Fsp3) is 0.421. The summed E-state index contributed by atoms with van der Waals surface area (Å²) in [7, 11) is 0. The monoisotopic (exact) mass is 424 g/mol. The van der Waals surface area contributed by atoms with Gasteiger partial charge in [0.05, 0.1) is 35.5 Å². The number of imidazole rings is 1. The van der Waals surface area contributed by atoms with Gasteiger partial charge in [-0.2, -0.15) is 13.2 Å². The number of aromatic nitrogens is 4. The van der Waals surface area contributed by atoms with Crippen molar-refractivity contribution >= 4 is 11.5 Å². The number of nitrogens with one attached hydrogen (secondary N) is 2. The van der Waals surface area contributed by atoms with Crippen molar-refractivity contribution in [2.45, 2.75) is 37.3 Å². The number of fused-ring (bicyclic) bond motifs is 1. The van der Waals surface area contributed by atoms with Crippen molar-refractivity contribution in [2.75, 3.05) is 18.4 Å². The highest BCUT2D eigenvalue weighted by Crippen LogP contribution is 2.37. The van der Waals surface area contributed by atoms with Gasteiger partial charge in [0.25, 0.3) is 0 Å². The van der Waals surface area contributed by atoms with E-state index in [0.717, 1.165) is 12.4 Å². The standard InChI is InChI=1S/C19H20F4N6O/c1-18(30,19(21,22)23)15-10-29-14(8-26-17(29)9-25-15)12-3-2-4-16(27-12)28-13-7-24-6-5-11(13)20/h2-4,8-11,13,24,30H,5-7H2,1H3,(H,27,28)/t11-,13-,18?/m0/s1. The average molecular weight is 424 g/mol. The molecule has 4 heterocycles. The molecule has 4 rings (SSSR count). The third-order valence-corrected chi connectivity index (χ3v) is 5.19. The number of alkyl halides is 4. The first-order valence-electron chi connectivity index (χ1n) is 9.38. The molecule has 3 aromatic rings. The summed E-state index contributed by atoms with van der Waals surface area (Å²) in [5.74, 6) is 0.440. The van der Waals surface area contributed by atoms with Crippen LogP contribution < -0.4 is 10.6 Å². The maximum absolute atomic E-state index is 14.1. The molecule has 0 aromatic carbocycles. The highest BCUT2D eigenvalue weighted by atomic mass is 19.4. The van der Waals surface area contributed by atoms with Crippen LogP contribution in [0.15, 0.2) is 36.8 Å². The molecule has 0 aliphatic carbocycles. The van der Waals surface area contributed by atoms with Crippen molar-refractivity contribution in [2.24, 2.45) is 0 Å². The van der Waals surface area contributed by atoms with Crippen molar-refractivity contribution in [3.8, 4) is 11.4 Å². The van der Waals surface area contributed by atoms with Crippen LogP contribution in [-0.2, 0) is 5.60 Å². The van der Waals surface area contributed by atoms with Gasteiger partial charge < -0.3 is 15.7 Å². The van der Waals surface area contributed by atoms with Crippen LogP contribution in [0, 0.1) is 0 Å². The van der Waals surface area contributed by atoms with E-state index in [2.05, 4.69) is 25.6 Å². The number of rotatable bonds is 4. The van der Waals surface area contributed by atoms with Crippen LogP contribution in [0.3, 0.4) is 0 Å². The highest BCUT2D eigenvalue weighted by Gasteiger charge is 2.52. The summed E-state index contributed by atoms with van der Waals surface area (Å²) < 4.78 is 55.1. The molecule has 0 saturated carbocycles. The molecule has 3 N–H and O–H groups in total. The van der Waals surface area contributed by atoms with Crippen molar-refractivity contribution in [1.29, 1.82) is 0 Å². The zero-order chi connectivity index (χ0) is 21.5. The number of hydrogen-bond acceptors (Lipinski definition) is 6. The summed E-state index contributed by atoms with van der Waals surface area (Å²) >= 11 is 0. The molecule has 1 fully saturated rings. The quantitative estimate of drug-likeness (QED) is 0.559. The Labute approximate surface area is 169 Å². The Kier molecular flexibility index (Phi) is 5.10. The Morgan fingerprint density at radius 2 is 2.03 bits per heavy atom. The zero-order valence-electron chi connectivity index (χ0n) is 16.0. The molecular weight excluding hydrogens is 404 g/mol. The molecule has 1 saturated heterocycles. The van der Waals surface area contributed by atoms with Crippen molar-refractivity contribution in [3.63, 3.8) is 0 Å². The van der Waals surface area contributed by atoms with E-state index in [-0.39, 0.29) is 0 Å². The minimum absolute atomic E-state index is 0.298. The van der Waals surface area contributed by atoms with Crippen LogP contribution in [0.5, 0.6) is 0 Å². The van der Waals surface area contributed by atoms with Gasteiger partial charge >= 0.3 is 6.18 Å². The molecule has 1 unspecified atom stereocenters. The smallest absolute Gasteiger partial charge is 0.375 e. The van der Waals surface area contributed by atoms with Crippen LogP contribution >= 0.6 is 0 Å². The first-order chi connectivity index (χ1) is 14.2. The number of nitrogens with zero attached hydrogens (tertiary/aromatic N) is 4. The second-order valence-electron chi connectivity index (χ2n) is 7.38. The number of hydrogen-bond donors (Lipinski definition) is 3. The van der Waals surface area contributed by atoms with Gasteiger partial charge in [0.15, 0.2) is 5.65 Å². The van der Waals surface area contributed by atoms with E-state index in [9.17, 15) is 22.7 Å². The van der Waals surface area contributed by atoms with E-state index in [1.807, 2.05) is 0 Å². The molecule has 0 spiro atoms. The van der Waals surface area contributed by atoms with E-state index in [0.29, 0.717) is 49.3 Å². The number of aliphatic hydroxyl groups is 1. The van der Waals surface area contributed by atoms with Crippen LogP contribution in [0.25, 0.3) is 17.0 Å². The molecule has 3 atom stereocenters. The van der Waals surface area contributed by atoms with Crippen molar-refractivity contribution < 1.29 is 22.7 Å². The maximum atomic E-state index is 14.1. The van der Waals surface area contributed by atoms with Gasteiger partial charge in [0.1, 0.15) is 12.0 Å². The second-order valence-corrected chi connectivity index (χ2v) is 7.38. The SMILES string of the molecule is CC(O)(c1cn2c(-c3cccc(N[C@H]4CNCC[C@@H]4F)n3)cnc2cn1)C(F)(F)F. The molecule has 0 bridgehead atoms. The van der Waals surface area contributed by atoms with Crippen LogP contribution in [0.1, 0.15) is 19.0 Å². The van der Waals surface area contributed by atoms with Crippen LogP contribution in [0.2, 0.25) is 0 Å². The summed E-state index contributed by atoms with van der Waals surface area (Å²) in [6.45, 7) is 1.73. The number of halogens is 4. The average Bonchev–Trinajstić information content (AvgIpc) is 3.12. The van der Waals surface area contributed by atoms with Gasteiger partial charge in [-0.15, -0.1) is 0 Å². The Morgan fingerprint density at radius 3 is 2.77 bits per heavy atom. The highest BCUT2D eigenvalue weighted by molar-refractivity contribution is 5.61. The predicted octanol–water partition coefficient (Wildman–Crippen LogP) is 2.67. The van der Waals surface area contributed by atoms with Crippen LogP contribution in [-0.4, -0.2) is 55.9 Å². The second kappa shape index (κ2) is 7.47. The molecule has 11 heteroatoms.